The summed E-state index contributed by atoms with van der Waals surface area (Å²) in [6.07, 6.45) is 1.63. The van der Waals surface area contributed by atoms with Crippen molar-refractivity contribution in [3.05, 3.63) is 65.7 Å². The summed E-state index contributed by atoms with van der Waals surface area (Å²) in [6, 6.07) is 15.6. The molecule has 1 fully saturated rings. The van der Waals surface area contributed by atoms with Gasteiger partial charge in [0.1, 0.15) is 0 Å². The van der Waals surface area contributed by atoms with E-state index in [4.69, 9.17) is 0 Å². The molecule has 0 bridgehead atoms. The van der Waals surface area contributed by atoms with Gasteiger partial charge in [0.25, 0.3) is 10.0 Å². The average molecular weight is 329 g/mol. The minimum absolute atomic E-state index is 0.166. The van der Waals surface area contributed by atoms with Gasteiger partial charge in [0.05, 0.1) is 10.9 Å². The maximum atomic E-state index is 13.0. The summed E-state index contributed by atoms with van der Waals surface area (Å²) in [7, 11) is -3.84. The monoisotopic (exact) mass is 329 g/mol. The Balaban J connectivity index is 2.05. The van der Waals surface area contributed by atoms with E-state index in [9.17, 15) is 13.2 Å². The van der Waals surface area contributed by atoms with Gasteiger partial charge in [0, 0.05) is 6.42 Å². The lowest BCUT2D eigenvalue weighted by molar-refractivity contribution is -0.130. The molecule has 120 valence electrons. The smallest absolute Gasteiger partial charge is 0.267 e. The SMILES string of the molecule is Cc1ccc(S(=O)(=O)N2C(=O)CCCC2c2ccccc2)cc1. The molecule has 23 heavy (non-hydrogen) atoms. The van der Waals surface area contributed by atoms with Crippen LogP contribution >= 0.6 is 0 Å². The zero-order valence-corrected chi connectivity index (χ0v) is 13.8. The summed E-state index contributed by atoms with van der Waals surface area (Å²) in [5.41, 5.74) is 1.84. The predicted molar refractivity (Wildman–Crippen MR) is 88.2 cm³/mol. The molecule has 0 radical (unpaired) electrons. The number of benzene rings is 2. The molecule has 4 nitrogen and oxygen atoms in total. The van der Waals surface area contributed by atoms with Crippen LogP contribution in [0.5, 0.6) is 0 Å². The van der Waals surface area contributed by atoms with Crippen molar-refractivity contribution in [3.8, 4) is 0 Å². The second kappa shape index (κ2) is 6.16. The molecule has 1 aliphatic rings. The van der Waals surface area contributed by atoms with E-state index in [-0.39, 0.29) is 17.2 Å². The standard InChI is InChI=1S/C18H19NO3S/c1-14-10-12-16(13-11-14)23(21,22)19-17(8-5-9-18(19)20)15-6-3-2-4-7-15/h2-4,6-7,10-13,17H,5,8-9H2,1H3. The number of carbonyl (C=O) groups is 1. The highest BCUT2D eigenvalue weighted by Gasteiger charge is 2.38. The molecule has 1 saturated heterocycles. The summed E-state index contributed by atoms with van der Waals surface area (Å²) < 4.78 is 27.1. The van der Waals surface area contributed by atoms with Gasteiger partial charge in [-0.3, -0.25) is 4.79 Å². The molecule has 0 spiro atoms. The zero-order valence-electron chi connectivity index (χ0n) is 13.0. The Morgan fingerprint density at radius 3 is 2.30 bits per heavy atom. The number of hydrogen-bond acceptors (Lipinski definition) is 3. The van der Waals surface area contributed by atoms with Crippen LogP contribution in [0.15, 0.2) is 59.5 Å². The first kappa shape index (κ1) is 15.7. The Morgan fingerprint density at radius 1 is 1.00 bits per heavy atom. The number of piperidine rings is 1. The first-order valence-electron chi connectivity index (χ1n) is 7.69. The fourth-order valence-corrected chi connectivity index (χ4v) is 4.58. The Hall–Kier alpha value is -2.14. The van der Waals surface area contributed by atoms with Gasteiger partial charge in [0.2, 0.25) is 5.91 Å². The molecule has 1 unspecified atom stereocenters. The van der Waals surface area contributed by atoms with Crippen molar-refractivity contribution >= 4 is 15.9 Å². The molecule has 0 aromatic heterocycles. The number of rotatable bonds is 3. The number of carbonyl (C=O) groups excluding carboxylic acids is 1. The lowest BCUT2D eigenvalue weighted by Crippen LogP contribution is -2.42. The van der Waals surface area contributed by atoms with Crippen LogP contribution in [0.1, 0.15) is 36.4 Å². The van der Waals surface area contributed by atoms with E-state index in [1.807, 2.05) is 37.3 Å². The van der Waals surface area contributed by atoms with Crippen molar-refractivity contribution in [2.75, 3.05) is 0 Å². The van der Waals surface area contributed by atoms with Gasteiger partial charge in [-0.15, -0.1) is 0 Å². The summed E-state index contributed by atoms with van der Waals surface area (Å²) in [5.74, 6) is -0.328. The first-order chi connectivity index (χ1) is 11.0. The fourth-order valence-electron chi connectivity index (χ4n) is 2.95. The quantitative estimate of drug-likeness (QED) is 0.867. The van der Waals surface area contributed by atoms with Gasteiger partial charge in [-0.1, -0.05) is 48.0 Å². The van der Waals surface area contributed by atoms with E-state index in [2.05, 4.69) is 0 Å². The molecule has 0 aliphatic carbocycles. The lowest BCUT2D eigenvalue weighted by Gasteiger charge is -2.35. The van der Waals surface area contributed by atoms with E-state index < -0.39 is 16.1 Å². The molecule has 0 saturated carbocycles. The molecule has 0 N–H and O–H groups in total. The van der Waals surface area contributed by atoms with Gasteiger partial charge in [-0.05, 0) is 37.5 Å². The van der Waals surface area contributed by atoms with Crippen LogP contribution in [0.4, 0.5) is 0 Å². The van der Waals surface area contributed by atoms with E-state index in [0.29, 0.717) is 12.8 Å². The summed E-state index contributed by atoms with van der Waals surface area (Å²) in [5, 5.41) is 0. The van der Waals surface area contributed by atoms with Crippen LogP contribution in [-0.4, -0.2) is 18.6 Å². The number of nitrogens with zero attached hydrogens (tertiary/aromatic N) is 1. The Kier molecular flexibility index (Phi) is 4.22. The average Bonchev–Trinajstić information content (AvgIpc) is 2.55. The summed E-state index contributed by atoms with van der Waals surface area (Å²) >= 11 is 0. The first-order valence-corrected chi connectivity index (χ1v) is 9.13. The van der Waals surface area contributed by atoms with Crippen molar-refractivity contribution in [1.82, 2.24) is 4.31 Å². The third-order valence-electron chi connectivity index (χ3n) is 4.16. The van der Waals surface area contributed by atoms with E-state index in [1.165, 1.54) is 0 Å². The fraction of sp³-hybridized carbons (Fsp3) is 0.278. The normalized spacial score (nSPS) is 18.9. The van der Waals surface area contributed by atoms with Gasteiger partial charge in [-0.2, -0.15) is 0 Å². The molecular formula is C18H19NO3S. The third-order valence-corrected chi connectivity index (χ3v) is 6.00. The van der Waals surface area contributed by atoms with Crippen LogP contribution in [0, 0.1) is 6.92 Å². The summed E-state index contributed by atoms with van der Waals surface area (Å²) in [6.45, 7) is 1.90. The highest BCUT2D eigenvalue weighted by molar-refractivity contribution is 7.89. The molecule has 1 amide bonds. The molecule has 2 aromatic rings. The van der Waals surface area contributed by atoms with E-state index >= 15 is 0 Å². The molecular weight excluding hydrogens is 310 g/mol. The Labute approximate surface area is 136 Å². The van der Waals surface area contributed by atoms with Crippen LogP contribution < -0.4 is 0 Å². The molecule has 3 rings (SSSR count). The number of amides is 1. The second-order valence-electron chi connectivity index (χ2n) is 5.83. The van der Waals surface area contributed by atoms with E-state index in [0.717, 1.165) is 15.4 Å². The Morgan fingerprint density at radius 2 is 1.65 bits per heavy atom. The molecule has 1 heterocycles. The van der Waals surface area contributed by atoms with Crippen LogP contribution in [0.3, 0.4) is 0 Å². The molecule has 1 atom stereocenters. The minimum atomic E-state index is -3.84. The molecule has 5 heteroatoms. The lowest BCUT2D eigenvalue weighted by atomic mass is 9.97. The predicted octanol–water partition coefficient (Wildman–Crippen LogP) is 3.44. The number of sulfonamides is 1. The van der Waals surface area contributed by atoms with E-state index in [1.54, 1.807) is 24.3 Å². The highest BCUT2D eigenvalue weighted by atomic mass is 32.2. The highest BCUT2D eigenvalue weighted by Crippen LogP contribution is 2.36. The van der Waals surface area contributed by atoms with Gasteiger partial charge in [-0.25, -0.2) is 12.7 Å². The summed E-state index contributed by atoms with van der Waals surface area (Å²) in [4.78, 5) is 12.6. The van der Waals surface area contributed by atoms with Crippen molar-refractivity contribution in [2.24, 2.45) is 0 Å². The zero-order chi connectivity index (χ0) is 16.4. The third kappa shape index (κ3) is 3.01. The largest absolute Gasteiger partial charge is 0.274 e. The van der Waals surface area contributed by atoms with Gasteiger partial charge >= 0.3 is 0 Å². The second-order valence-corrected chi connectivity index (χ2v) is 7.64. The van der Waals surface area contributed by atoms with Crippen molar-refractivity contribution in [1.29, 1.82) is 0 Å². The van der Waals surface area contributed by atoms with Gasteiger partial charge < -0.3 is 0 Å². The van der Waals surface area contributed by atoms with Crippen molar-refractivity contribution in [2.45, 2.75) is 37.1 Å². The van der Waals surface area contributed by atoms with Crippen LogP contribution in [0.2, 0.25) is 0 Å². The van der Waals surface area contributed by atoms with Crippen LogP contribution in [-0.2, 0) is 14.8 Å². The van der Waals surface area contributed by atoms with Crippen LogP contribution in [0.25, 0.3) is 0 Å². The Bertz CT molecular complexity index is 798. The van der Waals surface area contributed by atoms with Gasteiger partial charge in [0.15, 0.2) is 0 Å². The van der Waals surface area contributed by atoms with Crippen molar-refractivity contribution < 1.29 is 13.2 Å². The topological polar surface area (TPSA) is 54.5 Å². The maximum absolute atomic E-state index is 13.0. The maximum Gasteiger partial charge on any atom is 0.267 e. The number of hydrogen-bond donors (Lipinski definition) is 0. The number of aryl methyl sites for hydroxylation is 1. The van der Waals surface area contributed by atoms with Crippen molar-refractivity contribution in [3.63, 3.8) is 0 Å². The minimum Gasteiger partial charge on any atom is -0.274 e. The molecule has 1 aliphatic heterocycles. The molecule has 2 aromatic carbocycles.